The molecule has 2 aromatic rings. The fourth-order valence-corrected chi connectivity index (χ4v) is 2.56. The molecule has 0 bridgehead atoms. The van der Waals surface area contributed by atoms with Crippen LogP contribution in [0.5, 0.6) is 0 Å². The van der Waals surface area contributed by atoms with E-state index in [0.717, 1.165) is 35.0 Å². The molecule has 136 valence electrons. The molecule has 3 rings (SSSR count). The largest absolute Gasteiger partial charge is 0.416 e. The molecule has 0 unspecified atom stereocenters. The lowest BCUT2D eigenvalue weighted by Gasteiger charge is -2.23. The average molecular weight is 364 g/mol. The van der Waals surface area contributed by atoms with Gasteiger partial charge >= 0.3 is 12.2 Å². The number of carbonyl (C=O) groups is 2. The van der Waals surface area contributed by atoms with Crippen LogP contribution in [0.25, 0.3) is 0 Å². The maximum Gasteiger partial charge on any atom is 0.416 e. The molecule has 9 heteroatoms. The number of urea groups is 1. The van der Waals surface area contributed by atoms with E-state index >= 15 is 0 Å². The van der Waals surface area contributed by atoms with Crippen LogP contribution in [0.3, 0.4) is 0 Å². The first kappa shape index (κ1) is 17.6. The molecule has 0 saturated heterocycles. The third kappa shape index (κ3) is 3.71. The minimum absolute atomic E-state index is 0.0607. The highest BCUT2D eigenvalue weighted by Gasteiger charge is 2.30. The zero-order valence-electron chi connectivity index (χ0n) is 13.4. The molecule has 0 fully saturated rings. The van der Waals surface area contributed by atoms with Crippen LogP contribution in [-0.2, 0) is 11.0 Å². The van der Waals surface area contributed by atoms with Crippen LogP contribution >= 0.6 is 0 Å². The maximum atomic E-state index is 12.8. The summed E-state index contributed by atoms with van der Waals surface area (Å²) in [5, 5.41) is 8.60. The number of imide groups is 1. The molecule has 6 nitrogen and oxygen atoms in total. The molecule has 1 aliphatic rings. The van der Waals surface area contributed by atoms with Crippen molar-refractivity contribution in [2.75, 3.05) is 33.9 Å². The van der Waals surface area contributed by atoms with E-state index < -0.39 is 17.8 Å². The Morgan fingerprint density at radius 2 is 1.81 bits per heavy atom. The van der Waals surface area contributed by atoms with Gasteiger partial charge in [0, 0.05) is 18.8 Å². The summed E-state index contributed by atoms with van der Waals surface area (Å²) >= 11 is 0. The minimum atomic E-state index is -4.53. The first-order chi connectivity index (χ1) is 12.4. The van der Waals surface area contributed by atoms with Crippen molar-refractivity contribution in [1.82, 2.24) is 0 Å². The molecule has 0 radical (unpaired) electrons. The van der Waals surface area contributed by atoms with Gasteiger partial charge in [0.1, 0.15) is 0 Å². The smallest absolute Gasteiger partial charge is 0.382 e. The Hall–Kier alpha value is -3.23. The van der Waals surface area contributed by atoms with Crippen molar-refractivity contribution in [2.45, 2.75) is 6.18 Å². The van der Waals surface area contributed by atoms with Gasteiger partial charge in [-0.2, -0.15) is 13.2 Å². The number of halogens is 3. The van der Waals surface area contributed by atoms with Gasteiger partial charge in [-0.1, -0.05) is 6.07 Å². The van der Waals surface area contributed by atoms with Crippen molar-refractivity contribution in [1.29, 1.82) is 0 Å². The van der Waals surface area contributed by atoms with Crippen LogP contribution in [0.15, 0.2) is 42.5 Å². The van der Waals surface area contributed by atoms with Gasteiger partial charge in [0.15, 0.2) is 0 Å². The summed E-state index contributed by atoms with van der Waals surface area (Å²) < 4.78 is 38.3. The highest BCUT2D eigenvalue weighted by atomic mass is 19.4. The second-order valence-electron chi connectivity index (χ2n) is 5.57. The summed E-state index contributed by atoms with van der Waals surface area (Å²) in [6.07, 6.45) is -4.22. The summed E-state index contributed by atoms with van der Waals surface area (Å²) in [4.78, 5) is 24.5. The Balaban J connectivity index is 1.81. The van der Waals surface area contributed by atoms with Gasteiger partial charge in [0.25, 0.3) is 0 Å². The van der Waals surface area contributed by atoms with Crippen LogP contribution in [0.4, 0.5) is 40.7 Å². The highest BCUT2D eigenvalue weighted by Crippen LogP contribution is 2.31. The molecule has 0 spiro atoms. The summed E-state index contributed by atoms with van der Waals surface area (Å²) in [6.45, 7) is 1.44. The van der Waals surface area contributed by atoms with Crippen molar-refractivity contribution >= 4 is 35.2 Å². The van der Waals surface area contributed by atoms with E-state index in [1.165, 1.54) is 12.1 Å². The third-order valence-corrected chi connectivity index (χ3v) is 3.80. The van der Waals surface area contributed by atoms with Crippen molar-refractivity contribution in [3.05, 3.63) is 48.0 Å². The molecule has 26 heavy (non-hydrogen) atoms. The van der Waals surface area contributed by atoms with Crippen molar-refractivity contribution < 1.29 is 22.8 Å². The number of rotatable bonds is 3. The molecular formula is C17H15F3N4O2. The lowest BCUT2D eigenvalue weighted by atomic mass is 10.2. The van der Waals surface area contributed by atoms with E-state index in [2.05, 4.69) is 16.0 Å². The number of amides is 3. The van der Waals surface area contributed by atoms with Crippen LogP contribution in [0.2, 0.25) is 0 Å². The summed E-state index contributed by atoms with van der Waals surface area (Å²) in [5.41, 5.74) is 0.905. The van der Waals surface area contributed by atoms with E-state index in [9.17, 15) is 22.8 Å². The zero-order valence-corrected chi connectivity index (χ0v) is 13.4. The van der Waals surface area contributed by atoms with Gasteiger partial charge in [-0.25, -0.2) is 9.69 Å². The molecule has 0 aromatic heterocycles. The molecule has 0 aliphatic carbocycles. The van der Waals surface area contributed by atoms with E-state index in [1.54, 1.807) is 18.2 Å². The first-order valence-electron chi connectivity index (χ1n) is 7.73. The molecule has 3 amide bonds. The minimum Gasteiger partial charge on any atom is -0.382 e. The summed E-state index contributed by atoms with van der Waals surface area (Å²) in [7, 11) is 0. The zero-order chi connectivity index (χ0) is 18.7. The molecular weight excluding hydrogens is 349 g/mol. The van der Waals surface area contributed by atoms with Crippen LogP contribution in [0, 0.1) is 0 Å². The van der Waals surface area contributed by atoms with Gasteiger partial charge in [-0.3, -0.25) is 4.79 Å². The second-order valence-corrected chi connectivity index (χ2v) is 5.57. The number of alkyl halides is 3. The van der Waals surface area contributed by atoms with Gasteiger partial charge < -0.3 is 16.0 Å². The van der Waals surface area contributed by atoms with Crippen molar-refractivity contribution in [3.63, 3.8) is 0 Å². The van der Waals surface area contributed by atoms with E-state index in [0.29, 0.717) is 18.6 Å². The first-order valence-corrected chi connectivity index (χ1v) is 7.73. The molecule has 1 aliphatic heterocycles. The van der Waals surface area contributed by atoms with Gasteiger partial charge in [0.05, 0.1) is 22.6 Å². The fraction of sp³-hybridized carbons (Fsp3) is 0.176. The maximum absolute atomic E-state index is 12.8. The number of hydrogen-bond donors (Lipinski definition) is 3. The Morgan fingerprint density at radius 3 is 2.50 bits per heavy atom. The quantitative estimate of drug-likeness (QED) is 0.726. The summed E-state index contributed by atoms with van der Waals surface area (Å²) in [5.74, 6) is 0. The standard InChI is InChI=1S/C17H15F3N4O2/c18-17(19,20)11-2-1-3-12(8-11)23-16(26)24(10-25)13-4-5-14-15(9-13)22-7-6-21-14/h1-5,8-10,21-22H,6-7H2,(H,23,26). The average Bonchev–Trinajstić information content (AvgIpc) is 2.62. The third-order valence-electron chi connectivity index (χ3n) is 3.80. The van der Waals surface area contributed by atoms with E-state index in [4.69, 9.17) is 0 Å². The molecule has 3 N–H and O–H groups in total. The van der Waals surface area contributed by atoms with Gasteiger partial charge in [-0.05, 0) is 36.4 Å². The lowest BCUT2D eigenvalue weighted by Crippen LogP contribution is -2.34. The molecule has 2 aromatic carbocycles. The van der Waals surface area contributed by atoms with E-state index in [1.807, 2.05) is 0 Å². The SMILES string of the molecule is O=CN(C(=O)Nc1cccc(C(F)(F)F)c1)c1ccc2c(c1)NCCN2. The van der Waals surface area contributed by atoms with Gasteiger partial charge in [-0.15, -0.1) is 0 Å². The number of benzene rings is 2. The Labute approximate surface area is 147 Å². The van der Waals surface area contributed by atoms with Crippen LogP contribution < -0.4 is 20.9 Å². The number of fused-ring (bicyclic) bond motifs is 1. The second kappa shape index (κ2) is 6.95. The topological polar surface area (TPSA) is 73.5 Å². The number of carbonyl (C=O) groups excluding carboxylic acids is 2. The predicted molar refractivity (Wildman–Crippen MR) is 92.4 cm³/mol. The van der Waals surface area contributed by atoms with Crippen LogP contribution in [0.1, 0.15) is 5.56 Å². The van der Waals surface area contributed by atoms with Crippen LogP contribution in [-0.4, -0.2) is 25.5 Å². The summed E-state index contributed by atoms with van der Waals surface area (Å²) in [6, 6.07) is 8.23. The van der Waals surface area contributed by atoms with E-state index in [-0.39, 0.29) is 5.69 Å². The Morgan fingerprint density at radius 1 is 1.08 bits per heavy atom. The number of hydrogen-bond acceptors (Lipinski definition) is 4. The van der Waals surface area contributed by atoms with Crippen molar-refractivity contribution in [3.8, 4) is 0 Å². The van der Waals surface area contributed by atoms with Gasteiger partial charge in [0.2, 0.25) is 6.41 Å². The molecule has 1 heterocycles. The number of nitrogens with zero attached hydrogens (tertiary/aromatic N) is 1. The Kier molecular flexibility index (Phi) is 4.70. The normalized spacial score (nSPS) is 13.0. The highest BCUT2D eigenvalue weighted by molar-refractivity contribution is 6.12. The van der Waals surface area contributed by atoms with Crippen molar-refractivity contribution in [2.24, 2.45) is 0 Å². The number of nitrogens with one attached hydrogen (secondary N) is 3. The lowest BCUT2D eigenvalue weighted by molar-refractivity contribution is -0.137. The molecule has 0 atom stereocenters. The Bertz CT molecular complexity index is 839. The number of anilines is 4. The molecule has 0 saturated carbocycles. The predicted octanol–water partition coefficient (Wildman–Crippen LogP) is 3.74. The fourth-order valence-electron chi connectivity index (χ4n) is 2.56. The monoisotopic (exact) mass is 364 g/mol.